The Hall–Kier alpha value is -3.01. The Morgan fingerprint density at radius 3 is 2.27 bits per heavy atom. The second-order valence-electron chi connectivity index (χ2n) is 5.75. The van der Waals surface area contributed by atoms with Crippen LogP contribution in [0.25, 0.3) is 5.69 Å². The van der Waals surface area contributed by atoms with E-state index < -0.39 is 33.4 Å². The Labute approximate surface area is 171 Å². The van der Waals surface area contributed by atoms with Crippen LogP contribution in [-0.2, 0) is 32.7 Å². The third-order valence-corrected chi connectivity index (χ3v) is 5.36. The minimum Gasteiger partial charge on any atom is -0.768 e. The summed E-state index contributed by atoms with van der Waals surface area (Å²) in [6, 6.07) is 10.1. The lowest BCUT2D eigenvalue weighted by Gasteiger charge is -2.03. The first-order valence-corrected chi connectivity index (χ1v) is 10.5. The molecule has 1 atom stereocenters. The van der Waals surface area contributed by atoms with Crippen molar-refractivity contribution in [2.45, 2.75) is 16.4 Å². The Bertz CT molecular complexity index is 1260. The van der Waals surface area contributed by atoms with Gasteiger partial charge in [-0.3, -0.25) is 23.9 Å². The molecule has 2 aromatic carbocycles. The average molecular weight is 453 g/mol. The zero-order chi connectivity index (χ0) is 21.9. The normalized spacial score (nSPS) is 13.0. The summed E-state index contributed by atoms with van der Waals surface area (Å²) >= 11 is -2.39. The van der Waals surface area contributed by atoms with Gasteiger partial charge in [0.15, 0.2) is 5.69 Å². The highest BCUT2D eigenvalue weighted by Gasteiger charge is 2.17. The summed E-state index contributed by atoms with van der Waals surface area (Å²) in [6.07, 6.45) is 0. The number of hydrogen-bond donors (Lipinski definition) is 3. The van der Waals surface area contributed by atoms with Crippen molar-refractivity contribution >= 4 is 32.6 Å². The molecule has 0 bridgehead atoms. The molecule has 12 nitrogen and oxygen atoms in total. The molecule has 30 heavy (non-hydrogen) atoms. The van der Waals surface area contributed by atoms with Gasteiger partial charge in [-0.15, -0.1) is 5.11 Å². The summed E-state index contributed by atoms with van der Waals surface area (Å²) in [5.74, 6) is 0. The molecule has 1 aromatic heterocycles. The first-order chi connectivity index (χ1) is 14.2. The van der Waals surface area contributed by atoms with Crippen molar-refractivity contribution in [3.63, 3.8) is 0 Å². The predicted octanol–water partition coefficient (Wildman–Crippen LogP) is 2.06. The fourth-order valence-corrected chi connectivity index (χ4v) is 3.26. The molecule has 1 unspecified atom stereocenters. The maximum Gasteiger partial charge on any atom is 0.299 e. The summed E-state index contributed by atoms with van der Waals surface area (Å²) in [4.78, 5) is 16.5. The van der Waals surface area contributed by atoms with E-state index in [0.717, 1.165) is 16.8 Å². The summed E-state index contributed by atoms with van der Waals surface area (Å²) in [5.41, 5.74) is -0.315. The summed E-state index contributed by atoms with van der Waals surface area (Å²) in [6.45, 7) is -0.423. The number of azo groups is 1. The number of aromatic amines is 1. The number of hydrogen-bond acceptors (Lipinski definition) is 9. The van der Waals surface area contributed by atoms with Gasteiger partial charge in [0.2, 0.25) is 0 Å². The van der Waals surface area contributed by atoms with Crippen molar-refractivity contribution in [1.82, 2.24) is 9.78 Å². The lowest BCUT2D eigenvalue weighted by molar-refractivity contribution is -0.253. The van der Waals surface area contributed by atoms with Gasteiger partial charge in [-0.1, -0.05) is 0 Å². The van der Waals surface area contributed by atoms with Gasteiger partial charge < -0.3 is 4.55 Å². The largest absolute Gasteiger partial charge is 0.768 e. The number of rotatable bonds is 7. The average Bonchev–Trinajstić information content (AvgIpc) is 3.02. The number of nitrogens with one attached hydrogen (secondary N) is 1. The Kier molecular flexibility index (Phi) is 6.35. The molecule has 0 radical (unpaired) electrons. The lowest BCUT2D eigenvalue weighted by Crippen LogP contribution is -2.14. The SMILES string of the molecule is O=c1c(N=Nc2ccc(S(=O)[O-])cc2)c(COO)[nH]n1-c1ccc(S(=O)(=O)O)cc1. The quantitative estimate of drug-likeness (QED) is 0.159. The van der Waals surface area contributed by atoms with E-state index in [4.69, 9.17) is 9.81 Å². The zero-order valence-electron chi connectivity index (χ0n) is 14.8. The van der Waals surface area contributed by atoms with Crippen molar-refractivity contribution in [3.8, 4) is 5.69 Å². The molecule has 0 amide bonds. The van der Waals surface area contributed by atoms with Crippen molar-refractivity contribution in [2.24, 2.45) is 10.2 Å². The van der Waals surface area contributed by atoms with Crippen LogP contribution in [0, 0.1) is 0 Å². The molecule has 0 saturated carbocycles. The van der Waals surface area contributed by atoms with Gasteiger partial charge in [-0.2, -0.15) is 13.5 Å². The fourth-order valence-electron chi connectivity index (χ4n) is 2.42. The number of aromatic nitrogens is 2. The molecule has 1 heterocycles. The molecule has 0 aliphatic heterocycles. The van der Waals surface area contributed by atoms with Crippen LogP contribution in [0.3, 0.4) is 0 Å². The highest BCUT2D eigenvalue weighted by atomic mass is 32.2. The van der Waals surface area contributed by atoms with Gasteiger partial charge in [-0.25, -0.2) is 9.57 Å². The fraction of sp³-hybridized carbons (Fsp3) is 0.0625. The van der Waals surface area contributed by atoms with Crippen molar-refractivity contribution in [2.75, 3.05) is 0 Å². The third kappa shape index (κ3) is 4.76. The van der Waals surface area contributed by atoms with Gasteiger partial charge in [0.1, 0.15) is 6.61 Å². The molecule has 14 heteroatoms. The maximum absolute atomic E-state index is 12.7. The number of nitrogens with zero attached hydrogens (tertiary/aromatic N) is 3. The number of benzene rings is 2. The second-order valence-corrected chi connectivity index (χ2v) is 8.11. The molecule has 3 rings (SSSR count). The maximum atomic E-state index is 12.7. The Morgan fingerprint density at radius 1 is 1.10 bits per heavy atom. The highest BCUT2D eigenvalue weighted by molar-refractivity contribution is 7.85. The van der Waals surface area contributed by atoms with E-state index in [-0.39, 0.29) is 32.5 Å². The molecule has 3 aromatic rings. The minimum absolute atomic E-state index is 0.0562. The molecular formula is C16H13N4O8S2-. The monoisotopic (exact) mass is 453 g/mol. The van der Waals surface area contributed by atoms with Crippen LogP contribution in [-0.4, -0.2) is 36.8 Å². The topological polar surface area (TPSA) is 186 Å². The van der Waals surface area contributed by atoms with Crippen molar-refractivity contribution in [1.29, 1.82) is 0 Å². The molecular weight excluding hydrogens is 440 g/mol. The molecule has 0 aliphatic carbocycles. The lowest BCUT2D eigenvalue weighted by atomic mass is 10.3. The van der Waals surface area contributed by atoms with Crippen LogP contribution in [0.4, 0.5) is 11.4 Å². The van der Waals surface area contributed by atoms with Crippen LogP contribution in [0.5, 0.6) is 0 Å². The van der Waals surface area contributed by atoms with Crippen LogP contribution in [0.15, 0.2) is 73.3 Å². The van der Waals surface area contributed by atoms with Crippen molar-refractivity contribution < 1.29 is 31.9 Å². The van der Waals surface area contributed by atoms with Gasteiger partial charge in [0.05, 0.1) is 22.0 Å². The third-order valence-electron chi connectivity index (χ3n) is 3.83. The Morgan fingerprint density at radius 2 is 1.73 bits per heavy atom. The van der Waals surface area contributed by atoms with E-state index in [2.05, 4.69) is 20.2 Å². The van der Waals surface area contributed by atoms with E-state index in [1.807, 2.05) is 0 Å². The second kappa shape index (κ2) is 8.78. The molecule has 3 N–H and O–H groups in total. The van der Waals surface area contributed by atoms with Gasteiger partial charge in [0.25, 0.3) is 15.7 Å². The summed E-state index contributed by atoms with van der Waals surface area (Å²) in [7, 11) is -4.39. The van der Waals surface area contributed by atoms with Crippen LogP contribution < -0.4 is 5.56 Å². The van der Waals surface area contributed by atoms with Crippen molar-refractivity contribution in [3.05, 3.63) is 64.6 Å². The van der Waals surface area contributed by atoms with E-state index in [1.165, 1.54) is 36.4 Å². The molecule has 0 spiro atoms. The van der Waals surface area contributed by atoms with E-state index in [9.17, 15) is 22.0 Å². The Balaban J connectivity index is 1.98. The van der Waals surface area contributed by atoms with Crippen LogP contribution in [0.1, 0.15) is 5.69 Å². The number of H-pyrrole nitrogens is 1. The summed E-state index contributed by atoms with van der Waals surface area (Å²) < 4.78 is 54.1. The van der Waals surface area contributed by atoms with Gasteiger partial charge in [0, 0.05) is 4.90 Å². The van der Waals surface area contributed by atoms with Crippen LogP contribution >= 0.6 is 0 Å². The smallest absolute Gasteiger partial charge is 0.299 e. The molecule has 158 valence electrons. The predicted molar refractivity (Wildman–Crippen MR) is 101 cm³/mol. The zero-order valence-corrected chi connectivity index (χ0v) is 16.5. The standard InChI is InChI=1S/C16H14N4O8S2/c21-16-15(18-17-10-1-5-12(6-2-10)29(23)24)14(9-28-22)19-20(16)11-3-7-13(8-4-11)30(25,26)27/h1-8,19,22H,9H2,(H,23,24)(H,25,26,27)/p-1. The minimum atomic E-state index is -4.39. The summed E-state index contributed by atoms with van der Waals surface area (Å²) in [5, 5.41) is 19.1. The van der Waals surface area contributed by atoms with E-state index >= 15 is 0 Å². The molecule has 0 aliphatic rings. The van der Waals surface area contributed by atoms with Gasteiger partial charge >= 0.3 is 0 Å². The van der Waals surface area contributed by atoms with Gasteiger partial charge in [-0.05, 0) is 59.6 Å². The first-order valence-electron chi connectivity index (χ1n) is 8.00. The first kappa shape index (κ1) is 21.7. The molecule has 0 fully saturated rings. The van der Waals surface area contributed by atoms with E-state index in [1.54, 1.807) is 0 Å². The highest BCUT2D eigenvalue weighted by Crippen LogP contribution is 2.21. The van der Waals surface area contributed by atoms with E-state index in [0.29, 0.717) is 0 Å². The molecule has 0 saturated heterocycles. The van der Waals surface area contributed by atoms with Crippen LogP contribution in [0.2, 0.25) is 0 Å².